The van der Waals surface area contributed by atoms with E-state index in [4.69, 9.17) is 0 Å². The van der Waals surface area contributed by atoms with Crippen molar-refractivity contribution in [3.63, 3.8) is 0 Å². The zero-order valence-electron chi connectivity index (χ0n) is 12.2. The molecular weight excluding hydrogens is 240 g/mol. The molecule has 1 rings (SSSR count). The molecule has 0 aliphatic carbocycles. The molecule has 4 nitrogen and oxygen atoms in total. The number of carbonyl (C=O) groups is 1. The third kappa shape index (κ3) is 5.75. The van der Waals surface area contributed by atoms with Crippen LogP contribution in [0.5, 0.6) is 5.75 Å². The highest BCUT2D eigenvalue weighted by Gasteiger charge is 2.16. The normalized spacial score (nSPS) is 12.7. The van der Waals surface area contributed by atoms with E-state index in [-0.39, 0.29) is 17.7 Å². The number of hydrogen-bond donors (Lipinski definition) is 2. The number of carbonyl (C=O) groups excluding carboxylic acids is 1. The first-order valence-corrected chi connectivity index (χ1v) is 6.63. The number of benzene rings is 1. The van der Waals surface area contributed by atoms with Gasteiger partial charge in [0, 0.05) is 18.2 Å². The molecule has 0 bridgehead atoms. The summed E-state index contributed by atoms with van der Waals surface area (Å²) in [6.07, 6.45) is 0.946. The van der Waals surface area contributed by atoms with Crippen LogP contribution in [0.15, 0.2) is 24.3 Å². The second-order valence-electron chi connectivity index (χ2n) is 5.61. The maximum Gasteiger partial charge on any atom is 0.251 e. The molecule has 0 fully saturated rings. The van der Waals surface area contributed by atoms with Crippen LogP contribution in [-0.2, 0) is 0 Å². The summed E-state index contributed by atoms with van der Waals surface area (Å²) in [5.41, 5.74) is 0.574. The van der Waals surface area contributed by atoms with Gasteiger partial charge in [0.05, 0.1) is 0 Å². The quantitative estimate of drug-likeness (QED) is 0.827. The lowest BCUT2D eigenvalue weighted by atomic mass is 10.0. The van der Waals surface area contributed by atoms with Crippen molar-refractivity contribution >= 4 is 5.91 Å². The number of aromatic hydroxyl groups is 1. The van der Waals surface area contributed by atoms with E-state index in [0.29, 0.717) is 11.5 Å². The van der Waals surface area contributed by atoms with Gasteiger partial charge in [-0.1, -0.05) is 13.8 Å². The van der Waals surface area contributed by atoms with E-state index in [1.807, 2.05) is 14.1 Å². The van der Waals surface area contributed by atoms with E-state index >= 15 is 0 Å². The summed E-state index contributed by atoms with van der Waals surface area (Å²) >= 11 is 0. The Morgan fingerprint density at radius 1 is 1.26 bits per heavy atom. The molecule has 106 valence electrons. The van der Waals surface area contributed by atoms with Crippen LogP contribution in [-0.4, -0.2) is 42.6 Å². The lowest BCUT2D eigenvalue weighted by Gasteiger charge is -2.24. The molecular formula is C15H24N2O2. The molecule has 1 amide bonds. The Hall–Kier alpha value is -1.55. The minimum atomic E-state index is -0.0903. The van der Waals surface area contributed by atoms with Gasteiger partial charge in [0.15, 0.2) is 0 Å². The van der Waals surface area contributed by atoms with Gasteiger partial charge in [0.1, 0.15) is 5.75 Å². The highest BCUT2D eigenvalue weighted by atomic mass is 16.3. The number of nitrogens with one attached hydrogen (secondary N) is 1. The summed E-state index contributed by atoms with van der Waals surface area (Å²) in [7, 11) is 4.00. The second-order valence-corrected chi connectivity index (χ2v) is 5.61. The minimum absolute atomic E-state index is 0.0903. The Morgan fingerprint density at radius 3 is 2.32 bits per heavy atom. The first kappa shape index (κ1) is 15.5. The van der Waals surface area contributed by atoms with Gasteiger partial charge in [-0.2, -0.15) is 0 Å². The molecule has 4 heteroatoms. The van der Waals surface area contributed by atoms with Gasteiger partial charge >= 0.3 is 0 Å². The average Bonchev–Trinajstić information content (AvgIpc) is 2.27. The van der Waals surface area contributed by atoms with Gasteiger partial charge in [-0.25, -0.2) is 0 Å². The summed E-state index contributed by atoms with van der Waals surface area (Å²) in [6, 6.07) is 6.45. The topological polar surface area (TPSA) is 52.6 Å². The van der Waals surface area contributed by atoms with Gasteiger partial charge in [-0.05, 0) is 50.7 Å². The molecule has 0 saturated carbocycles. The summed E-state index contributed by atoms with van der Waals surface area (Å²) in [6.45, 7) is 5.12. The molecule has 0 saturated heterocycles. The number of nitrogens with zero attached hydrogens (tertiary/aromatic N) is 1. The number of rotatable bonds is 6. The van der Waals surface area contributed by atoms with Crippen LogP contribution in [0.25, 0.3) is 0 Å². The monoisotopic (exact) mass is 264 g/mol. The van der Waals surface area contributed by atoms with Gasteiger partial charge in [0.25, 0.3) is 5.91 Å². The van der Waals surface area contributed by atoms with Crippen molar-refractivity contribution in [2.45, 2.75) is 26.3 Å². The maximum atomic E-state index is 12.1. The number of amides is 1. The zero-order valence-corrected chi connectivity index (χ0v) is 12.2. The largest absolute Gasteiger partial charge is 0.508 e. The van der Waals surface area contributed by atoms with Gasteiger partial charge < -0.3 is 15.3 Å². The fourth-order valence-corrected chi connectivity index (χ4v) is 2.07. The molecule has 2 N–H and O–H groups in total. The first-order valence-electron chi connectivity index (χ1n) is 6.63. The number of phenolic OH excluding ortho intramolecular Hbond substituents is 1. The van der Waals surface area contributed by atoms with E-state index in [2.05, 4.69) is 24.1 Å². The Labute approximate surface area is 115 Å². The lowest BCUT2D eigenvalue weighted by Crippen LogP contribution is -2.42. The van der Waals surface area contributed by atoms with Crippen LogP contribution in [0.1, 0.15) is 30.6 Å². The fourth-order valence-electron chi connectivity index (χ4n) is 2.07. The van der Waals surface area contributed by atoms with Crippen molar-refractivity contribution in [2.75, 3.05) is 20.6 Å². The van der Waals surface area contributed by atoms with Crippen LogP contribution in [0.2, 0.25) is 0 Å². The third-order valence-electron chi connectivity index (χ3n) is 2.81. The number of likely N-dealkylation sites (N-methyl/N-ethyl adjacent to an activating group) is 1. The smallest absolute Gasteiger partial charge is 0.251 e. The predicted octanol–water partition coefficient (Wildman–Crippen LogP) is 2.10. The van der Waals surface area contributed by atoms with Crippen LogP contribution < -0.4 is 5.32 Å². The van der Waals surface area contributed by atoms with Crippen molar-refractivity contribution in [2.24, 2.45) is 5.92 Å². The van der Waals surface area contributed by atoms with Gasteiger partial charge in [0.2, 0.25) is 0 Å². The van der Waals surface area contributed by atoms with Crippen molar-refractivity contribution in [1.29, 1.82) is 0 Å². The van der Waals surface area contributed by atoms with E-state index in [1.54, 1.807) is 12.1 Å². The van der Waals surface area contributed by atoms with Crippen molar-refractivity contribution in [3.05, 3.63) is 29.8 Å². The molecule has 0 aromatic heterocycles. The Balaban J connectivity index is 2.66. The molecule has 0 radical (unpaired) electrons. The molecule has 1 atom stereocenters. The SMILES string of the molecule is CC(C)CC(CN(C)C)NC(=O)c1ccc(O)cc1. The number of phenols is 1. The lowest BCUT2D eigenvalue weighted by molar-refractivity contribution is 0.0924. The standard InChI is InChI=1S/C15H24N2O2/c1-11(2)9-13(10-17(3)4)16-15(19)12-5-7-14(18)8-6-12/h5-8,11,13,18H,9-10H2,1-4H3,(H,16,19). The fraction of sp³-hybridized carbons (Fsp3) is 0.533. The second kappa shape index (κ2) is 7.14. The van der Waals surface area contributed by atoms with Gasteiger partial charge in [-0.15, -0.1) is 0 Å². The molecule has 0 aliphatic heterocycles. The third-order valence-corrected chi connectivity index (χ3v) is 2.81. The highest BCUT2D eigenvalue weighted by Crippen LogP contribution is 2.11. The molecule has 0 heterocycles. The molecule has 0 spiro atoms. The summed E-state index contributed by atoms with van der Waals surface area (Å²) in [5.74, 6) is 0.612. The number of hydrogen-bond acceptors (Lipinski definition) is 3. The molecule has 19 heavy (non-hydrogen) atoms. The van der Waals surface area contributed by atoms with E-state index in [1.165, 1.54) is 12.1 Å². The van der Waals surface area contributed by atoms with E-state index in [9.17, 15) is 9.90 Å². The Bertz CT molecular complexity index is 389. The highest BCUT2D eigenvalue weighted by molar-refractivity contribution is 5.94. The van der Waals surface area contributed by atoms with Crippen molar-refractivity contribution in [1.82, 2.24) is 10.2 Å². The average molecular weight is 264 g/mol. The summed E-state index contributed by atoms with van der Waals surface area (Å²) in [4.78, 5) is 14.2. The minimum Gasteiger partial charge on any atom is -0.508 e. The summed E-state index contributed by atoms with van der Waals surface area (Å²) < 4.78 is 0. The molecule has 1 unspecified atom stereocenters. The molecule has 0 aliphatic rings. The van der Waals surface area contributed by atoms with Crippen molar-refractivity contribution in [3.8, 4) is 5.75 Å². The van der Waals surface area contributed by atoms with E-state index in [0.717, 1.165) is 13.0 Å². The van der Waals surface area contributed by atoms with Gasteiger partial charge in [-0.3, -0.25) is 4.79 Å². The van der Waals surface area contributed by atoms with Crippen LogP contribution >= 0.6 is 0 Å². The Morgan fingerprint density at radius 2 is 1.84 bits per heavy atom. The summed E-state index contributed by atoms with van der Waals surface area (Å²) in [5, 5.41) is 12.3. The Kier molecular flexibility index (Phi) is 5.83. The first-order chi connectivity index (χ1) is 8.88. The predicted molar refractivity (Wildman–Crippen MR) is 77.4 cm³/mol. The molecule has 1 aromatic carbocycles. The van der Waals surface area contributed by atoms with E-state index < -0.39 is 0 Å². The zero-order chi connectivity index (χ0) is 14.4. The van der Waals surface area contributed by atoms with Crippen LogP contribution in [0.4, 0.5) is 0 Å². The van der Waals surface area contributed by atoms with Crippen molar-refractivity contribution < 1.29 is 9.90 Å². The maximum absolute atomic E-state index is 12.1. The van der Waals surface area contributed by atoms with Crippen LogP contribution in [0.3, 0.4) is 0 Å². The van der Waals surface area contributed by atoms with Crippen LogP contribution in [0, 0.1) is 5.92 Å². The molecule has 1 aromatic rings.